The van der Waals surface area contributed by atoms with Crippen molar-refractivity contribution in [2.75, 3.05) is 39.9 Å². The fourth-order valence-corrected chi connectivity index (χ4v) is 2.92. The molecule has 0 spiro atoms. The minimum atomic E-state index is -0.113. The first-order chi connectivity index (χ1) is 10.8. The topological polar surface area (TPSA) is 67.6 Å². The van der Waals surface area contributed by atoms with E-state index in [1.165, 1.54) is 0 Å². The summed E-state index contributed by atoms with van der Waals surface area (Å²) < 4.78 is 10.3. The van der Waals surface area contributed by atoms with Gasteiger partial charge >= 0.3 is 0 Å². The van der Waals surface area contributed by atoms with E-state index in [0.717, 1.165) is 64.2 Å². The molecule has 1 saturated heterocycles. The first kappa shape index (κ1) is 15.5. The van der Waals surface area contributed by atoms with E-state index >= 15 is 0 Å². The number of aromatic nitrogens is 1. The Morgan fingerprint density at radius 2 is 2.18 bits per heavy atom. The Hall–Kier alpha value is -1.40. The molecule has 1 aliphatic heterocycles. The fraction of sp³-hybridized carbons (Fsp3) is 0.750. The quantitative estimate of drug-likeness (QED) is 0.829. The highest BCUT2D eigenvalue weighted by molar-refractivity contribution is 5.92. The molecule has 22 heavy (non-hydrogen) atoms. The van der Waals surface area contributed by atoms with Crippen molar-refractivity contribution in [2.45, 2.75) is 31.6 Å². The van der Waals surface area contributed by atoms with Crippen LogP contribution >= 0.6 is 0 Å². The predicted octanol–water partition coefficient (Wildman–Crippen LogP) is 1.64. The molecule has 2 fully saturated rings. The van der Waals surface area contributed by atoms with E-state index in [9.17, 15) is 4.79 Å². The van der Waals surface area contributed by atoms with Gasteiger partial charge in [0.05, 0.1) is 6.61 Å². The molecule has 1 N–H and O–H groups in total. The lowest BCUT2D eigenvalue weighted by Gasteiger charge is -2.31. The van der Waals surface area contributed by atoms with E-state index in [1.54, 1.807) is 13.2 Å². The Labute approximate surface area is 131 Å². The van der Waals surface area contributed by atoms with Crippen molar-refractivity contribution >= 4 is 5.91 Å². The third kappa shape index (κ3) is 4.08. The van der Waals surface area contributed by atoms with E-state index < -0.39 is 0 Å². The maximum Gasteiger partial charge on any atom is 0.273 e. The molecule has 0 radical (unpaired) electrons. The van der Waals surface area contributed by atoms with Gasteiger partial charge < -0.3 is 19.5 Å². The number of likely N-dealkylation sites (tertiary alicyclic amines) is 1. The molecule has 2 aliphatic rings. The van der Waals surface area contributed by atoms with Crippen LogP contribution in [-0.2, 0) is 4.74 Å². The summed E-state index contributed by atoms with van der Waals surface area (Å²) in [5, 5.41) is 6.87. The molecule has 3 rings (SSSR count). The summed E-state index contributed by atoms with van der Waals surface area (Å²) >= 11 is 0. The molecule has 1 aliphatic carbocycles. The van der Waals surface area contributed by atoms with Crippen LogP contribution in [0, 0.1) is 5.92 Å². The molecular weight excluding hydrogens is 282 g/mol. The molecule has 0 aromatic carbocycles. The summed E-state index contributed by atoms with van der Waals surface area (Å²) in [6, 6.07) is 1.79. The van der Waals surface area contributed by atoms with Gasteiger partial charge in [-0.05, 0) is 44.7 Å². The van der Waals surface area contributed by atoms with Crippen molar-refractivity contribution in [3.8, 4) is 0 Å². The van der Waals surface area contributed by atoms with Crippen molar-refractivity contribution in [3.63, 3.8) is 0 Å². The van der Waals surface area contributed by atoms with Crippen LogP contribution in [0.3, 0.4) is 0 Å². The van der Waals surface area contributed by atoms with Crippen LogP contribution in [0.1, 0.15) is 47.8 Å². The van der Waals surface area contributed by atoms with Crippen LogP contribution in [-0.4, -0.2) is 55.9 Å². The summed E-state index contributed by atoms with van der Waals surface area (Å²) in [4.78, 5) is 14.5. The monoisotopic (exact) mass is 307 g/mol. The molecule has 0 bridgehead atoms. The number of amides is 1. The normalized spacial score (nSPS) is 20.2. The first-order valence-electron chi connectivity index (χ1n) is 8.22. The molecule has 2 heterocycles. The van der Waals surface area contributed by atoms with E-state index in [-0.39, 0.29) is 5.91 Å². The fourth-order valence-electron chi connectivity index (χ4n) is 2.92. The van der Waals surface area contributed by atoms with Crippen molar-refractivity contribution < 1.29 is 14.1 Å². The average molecular weight is 307 g/mol. The molecule has 0 atom stereocenters. The number of hydrogen-bond acceptors (Lipinski definition) is 5. The zero-order valence-corrected chi connectivity index (χ0v) is 13.2. The van der Waals surface area contributed by atoms with Gasteiger partial charge in [-0.2, -0.15) is 0 Å². The number of hydrogen-bond donors (Lipinski definition) is 1. The number of nitrogens with zero attached hydrogens (tertiary/aromatic N) is 2. The summed E-state index contributed by atoms with van der Waals surface area (Å²) in [7, 11) is 1.74. The number of ether oxygens (including phenoxy) is 1. The van der Waals surface area contributed by atoms with Gasteiger partial charge in [0, 0.05) is 32.2 Å². The lowest BCUT2D eigenvalue weighted by Crippen LogP contribution is -2.39. The Balaban J connectivity index is 1.38. The Morgan fingerprint density at radius 1 is 1.41 bits per heavy atom. The zero-order valence-electron chi connectivity index (χ0n) is 13.2. The molecule has 122 valence electrons. The highest BCUT2D eigenvalue weighted by atomic mass is 16.5. The standard InChI is InChI=1S/C16H25N3O3/c1-21-9-8-19-6-4-12(5-7-19)11-17-16(20)14-10-15(22-18-14)13-2-3-13/h10,12-13H,2-9,11H2,1H3,(H,17,20). The van der Waals surface area contributed by atoms with Gasteiger partial charge in [-0.3, -0.25) is 4.79 Å². The van der Waals surface area contributed by atoms with Gasteiger partial charge in [-0.25, -0.2) is 0 Å². The molecule has 1 aromatic rings. The Bertz CT molecular complexity index is 491. The molecule has 1 amide bonds. The highest BCUT2D eigenvalue weighted by Gasteiger charge is 2.29. The number of methoxy groups -OCH3 is 1. The minimum Gasteiger partial charge on any atom is -0.383 e. The molecular formula is C16H25N3O3. The van der Waals surface area contributed by atoms with E-state index in [2.05, 4.69) is 15.4 Å². The van der Waals surface area contributed by atoms with Crippen molar-refractivity contribution in [1.29, 1.82) is 0 Å². The molecule has 6 heteroatoms. The number of nitrogens with one attached hydrogen (secondary N) is 1. The molecule has 1 aromatic heterocycles. The third-order valence-corrected chi connectivity index (χ3v) is 4.61. The van der Waals surface area contributed by atoms with Crippen LogP contribution in [0.2, 0.25) is 0 Å². The van der Waals surface area contributed by atoms with Gasteiger partial charge in [-0.15, -0.1) is 0 Å². The van der Waals surface area contributed by atoms with Gasteiger partial charge in [0.25, 0.3) is 5.91 Å². The minimum absolute atomic E-state index is 0.113. The van der Waals surface area contributed by atoms with Gasteiger partial charge in [0.2, 0.25) is 0 Å². The lowest BCUT2D eigenvalue weighted by molar-refractivity contribution is 0.0917. The van der Waals surface area contributed by atoms with E-state index in [0.29, 0.717) is 17.5 Å². The summed E-state index contributed by atoms with van der Waals surface area (Å²) in [5.74, 6) is 1.79. The number of rotatable bonds is 7. The highest BCUT2D eigenvalue weighted by Crippen LogP contribution is 2.40. The molecule has 6 nitrogen and oxygen atoms in total. The number of carbonyl (C=O) groups is 1. The Kier molecular flexibility index (Phi) is 5.10. The summed E-state index contributed by atoms with van der Waals surface area (Å²) in [6.07, 6.45) is 4.54. The summed E-state index contributed by atoms with van der Waals surface area (Å²) in [5.41, 5.74) is 0.416. The van der Waals surface area contributed by atoms with Crippen LogP contribution in [0.4, 0.5) is 0 Å². The number of carbonyl (C=O) groups excluding carboxylic acids is 1. The second-order valence-electron chi connectivity index (χ2n) is 6.38. The maximum absolute atomic E-state index is 12.1. The first-order valence-corrected chi connectivity index (χ1v) is 8.22. The second-order valence-corrected chi connectivity index (χ2v) is 6.38. The average Bonchev–Trinajstić information content (AvgIpc) is 3.28. The zero-order chi connectivity index (χ0) is 15.4. The van der Waals surface area contributed by atoms with Crippen molar-refractivity contribution in [2.24, 2.45) is 5.92 Å². The second kappa shape index (κ2) is 7.24. The Morgan fingerprint density at radius 3 is 2.86 bits per heavy atom. The van der Waals surface area contributed by atoms with Gasteiger partial charge in [0.15, 0.2) is 5.69 Å². The van der Waals surface area contributed by atoms with Crippen LogP contribution < -0.4 is 5.32 Å². The van der Waals surface area contributed by atoms with Gasteiger partial charge in [0.1, 0.15) is 5.76 Å². The van der Waals surface area contributed by atoms with Crippen molar-refractivity contribution in [3.05, 3.63) is 17.5 Å². The van der Waals surface area contributed by atoms with Crippen LogP contribution in [0.5, 0.6) is 0 Å². The van der Waals surface area contributed by atoms with Gasteiger partial charge in [-0.1, -0.05) is 5.16 Å². The molecule has 0 unspecified atom stereocenters. The van der Waals surface area contributed by atoms with Crippen molar-refractivity contribution in [1.82, 2.24) is 15.4 Å². The maximum atomic E-state index is 12.1. The van der Waals surface area contributed by atoms with E-state index in [1.807, 2.05) is 0 Å². The van der Waals surface area contributed by atoms with Crippen LogP contribution in [0.25, 0.3) is 0 Å². The smallest absolute Gasteiger partial charge is 0.273 e. The largest absolute Gasteiger partial charge is 0.383 e. The summed E-state index contributed by atoms with van der Waals surface area (Å²) in [6.45, 7) is 4.68. The van der Waals surface area contributed by atoms with Crippen LogP contribution in [0.15, 0.2) is 10.6 Å². The lowest BCUT2D eigenvalue weighted by atomic mass is 9.97. The predicted molar refractivity (Wildman–Crippen MR) is 81.9 cm³/mol. The number of piperidine rings is 1. The van der Waals surface area contributed by atoms with E-state index in [4.69, 9.17) is 9.26 Å². The SMILES string of the molecule is COCCN1CCC(CNC(=O)c2cc(C3CC3)on2)CC1. The third-order valence-electron chi connectivity index (χ3n) is 4.61. The molecule has 1 saturated carbocycles.